The van der Waals surface area contributed by atoms with Crippen molar-refractivity contribution in [1.29, 1.82) is 0 Å². The van der Waals surface area contributed by atoms with E-state index < -0.39 is 0 Å². The van der Waals surface area contributed by atoms with Crippen molar-refractivity contribution < 1.29 is 8.78 Å². The first kappa shape index (κ1) is 11.9. The van der Waals surface area contributed by atoms with Gasteiger partial charge in [0.05, 0.1) is 0 Å². The summed E-state index contributed by atoms with van der Waals surface area (Å²) in [5.74, 6) is -0.772. The SMILES string of the molecule is CC(=CCCN)c1cc(F)c(C)cc1F. The van der Waals surface area contributed by atoms with Gasteiger partial charge in [0.15, 0.2) is 0 Å². The lowest BCUT2D eigenvalue weighted by Crippen LogP contribution is -1.97. The molecule has 1 rings (SSSR count). The van der Waals surface area contributed by atoms with E-state index in [1.165, 1.54) is 12.1 Å². The summed E-state index contributed by atoms with van der Waals surface area (Å²) in [7, 11) is 0. The van der Waals surface area contributed by atoms with E-state index in [1.54, 1.807) is 13.8 Å². The lowest BCUT2D eigenvalue weighted by Gasteiger charge is -2.05. The molecule has 0 amide bonds. The van der Waals surface area contributed by atoms with Gasteiger partial charge >= 0.3 is 0 Å². The number of nitrogens with two attached hydrogens (primary N) is 1. The van der Waals surface area contributed by atoms with E-state index in [0.29, 0.717) is 24.1 Å². The van der Waals surface area contributed by atoms with Crippen LogP contribution >= 0.6 is 0 Å². The fourth-order valence-corrected chi connectivity index (χ4v) is 1.36. The van der Waals surface area contributed by atoms with Crippen LogP contribution in [0.2, 0.25) is 0 Å². The Morgan fingerprint density at radius 2 is 2.00 bits per heavy atom. The number of benzene rings is 1. The van der Waals surface area contributed by atoms with Gasteiger partial charge in [-0.3, -0.25) is 0 Å². The van der Waals surface area contributed by atoms with Crippen molar-refractivity contribution in [1.82, 2.24) is 0 Å². The maximum absolute atomic E-state index is 13.5. The Hall–Kier alpha value is -1.22. The van der Waals surface area contributed by atoms with Crippen molar-refractivity contribution in [3.05, 3.63) is 41.0 Å². The largest absolute Gasteiger partial charge is 0.330 e. The van der Waals surface area contributed by atoms with Gasteiger partial charge in [0, 0.05) is 5.56 Å². The second-order valence-corrected chi connectivity index (χ2v) is 3.55. The van der Waals surface area contributed by atoms with Crippen LogP contribution in [0.1, 0.15) is 24.5 Å². The fourth-order valence-electron chi connectivity index (χ4n) is 1.36. The number of hydrogen-bond acceptors (Lipinski definition) is 1. The molecule has 0 aliphatic rings. The molecule has 0 bridgehead atoms. The minimum Gasteiger partial charge on any atom is -0.330 e. The van der Waals surface area contributed by atoms with Gasteiger partial charge in [-0.2, -0.15) is 0 Å². The Labute approximate surface area is 88.6 Å². The molecule has 0 aromatic heterocycles. The van der Waals surface area contributed by atoms with Gasteiger partial charge in [0.25, 0.3) is 0 Å². The van der Waals surface area contributed by atoms with Crippen LogP contribution in [0.4, 0.5) is 8.78 Å². The molecular weight excluding hydrogens is 196 g/mol. The molecule has 1 aromatic rings. The molecule has 0 fully saturated rings. The monoisotopic (exact) mass is 211 g/mol. The van der Waals surface area contributed by atoms with E-state index in [1.807, 2.05) is 6.08 Å². The zero-order valence-corrected chi connectivity index (χ0v) is 8.98. The maximum atomic E-state index is 13.5. The molecule has 0 saturated carbocycles. The second-order valence-electron chi connectivity index (χ2n) is 3.55. The van der Waals surface area contributed by atoms with Crippen molar-refractivity contribution in [2.75, 3.05) is 6.54 Å². The Morgan fingerprint density at radius 3 is 2.60 bits per heavy atom. The molecule has 2 N–H and O–H groups in total. The van der Waals surface area contributed by atoms with Crippen molar-refractivity contribution in [3.63, 3.8) is 0 Å². The molecule has 1 nitrogen and oxygen atoms in total. The lowest BCUT2D eigenvalue weighted by atomic mass is 10.0. The predicted octanol–water partition coefficient (Wildman–Crippen LogP) is 3.03. The Balaban J connectivity index is 3.09. The van der Waals surface area contributed by atoms with Gasteiger partial charge in [-0.1, -0.05) is 6.08 Å². The fraction of sp³-hybridized carbons (Fsp3) is 0.333. The molecular formula is C12H15F2N. The van der Waals surface area contributed by atoms with Crippen LogP contribution in [0, 0.1) is 18.6 Å². The molecule has 0 atom stereocenters. The highest BCUT2D eigenvalue weighted by molar-refractivity contribution is 5.64. The van der Waals surface area contributed by atoms with E-state index in [0.717, 1.165) is 5.57 Å². The average Bonchev–Trinajstić information content (AvgIpc) is 2.20. The molecule has 0 spiro atoms. The first-order valence-electron chi connectivity index (χ1n) is 4.89. The zero-order chi connectivity index (χ0) is 11.4. The van der Waals surface area contributed by atoms with Crippen molar-refractivity contribution in [3.8, 4) is 0 Å². The Bertz CT molecular complexity index is 383. The quantitative estimate of drug-likeness (QED) is 0.817. The Kier molecular flexibility index (Phi) is 3.97. The number of halogens is 2. The topological polar surface area (TPSA) is 26.0 Å². The molecule has 1 aromatic carbocycles. The van der Waals surface area contributed by atoms with Gasteiger partial charge in [-0.05, 0) is 50.1 Å². The van der Waals surface area contributed by atoms with Crippen LogP contribution in [0.15, 0.2) is 18.2 Å². The standard InChI is InChI=1S/C12H15F2N/c1-8(4-3-5-15)10-7-11(13)9(2)6-12(10)14/h4,6-7H,3,5,15H2,1-2H3. The third-order valence-electron chi connectivity index (χ3n) is 2.29. The summed E-state index contributed by atoms with van der Waals surface area (Å²) in [6.45, 7) is 3.80. The third-order valence-corrected chi connectivity index (χ3v) is 2.29. The van der Waals surface area contributed by atoms with Crippen molar-refractivity contribution >= 4 is 5.57 Å². The van der Waals surface area contributed by atoms with E-state index in [9.17, 15) is 8.78 Å². The number of hydrogen-bond donors (Lipinski definition) is 1. The highest BCUT2D eigenvalue weighted by Crippen LogP contribution is 2.21. The lowest BCUT2D eigenvalue weighted by molar-refractivity contribution is 0.589. The average molecular weight is 211 g/mol. The van der Waals surface area contributed by atoms with Crippen LogP contribution in [-0.2, 0) is 0 Å². The Morgan fingerprint density at radius 1 is 1.33 bits per heavy atom. The minimum atomic E-state index is -0.389. The van der Waals surface area contributed by atoms with Crippen molar-refractivity contribution in [2.24, 2.45) is 5.73 Å². The molecule has 0 saturated heterocycles. The maximum Gasteiger partial charge on any atom is 0.131 e. The van der Waals surface area contributed by atoms with Gasteiger partial charge in [-0.15, -0.1) is 0 Å². The summed E-state index contributed by atoms with van der Waals surface area (Å²) in [6.07, 6.45) is 2.48. The van der Waals surface area contributed by atoms with E-state index in [2.05, 4.69) is 0 Å². The van der Waals surface area contributed by atoms with E-state index in [4.69, 9.17) is 5.73 Å². The minimum absolute atomic E-state index is 0.312. The van der Waals surface area contributed by atoms with Crippen LogP contribution in [0.3, 0.4) is 0 Å². The highest BCUT2D eigenvalue weighted by Gasteiger charge is 2.08. The van der Waals surface area contributed by atoms with Crippen LogP contribution in [0.5, 0.6) is 0 Å². The second kappa shape index (κ2) is 5.03. The first-order valence-corrected chi connectivity index (χ1v) is 4.89. The molecule has 0 aliphatic carbocycles. The molecule has 0 aliphatic heterocycles. The van der Waals surface area contributed by atoms with Crippen LogP contribution < -0.4 is 5.73 Å². The smallest absolute Gasteiger partial charge is 0.131 e. The number of aryl methyl sites for hydroxylation is 1. The molecule has 0 unspecified atom stereocenters. The summed E-state index contributed by atoms with van der Waals surface area (Å²) in [6, 6.07) is 2.44. The first-order chi connectivity index (χ1) is 7.06. The van der Waals surface area contributed by atoms with Gasteiger partial charge in [0.2, 0.25) is 0 Å². The number of rotatable bonds is 3. The summed E-state index contributed by atoms with van der Waals surface area (Å²) in [4.78, 5) is 0. The summed E-state index contributed by atoms with van der Waals surface area (Å²) >= 11 is 0. The molecule has 15 heavy (non-hydrogen) atoms. The molecule has 82 valence electrons. The number of allylic oxidation sites excluding steroid dienone is 1. The molecule has 0 heterocycles. The van der Waals surface area contributed by atoms with E-state index in [-0.39, 0.29) is 11.6 Å². The predicted molar refractivity (Wildman–Crippen MR) is 58.4 cm³/mol. The summed E-state index contributed by atoms with van der Waals surface area (Å²) in [5, 5.41) is 0. The third kappa shape index (κ3) is 2.86. The zero-order valence-electron chi connectivity index (χ0n) is 8.98. The van der Waals surface area contributed by atoms with Gasteiger partial charge in [-0.25, -0.2) is 8.78 Å². The van der Waals surface area contributed by atoms with E-state index >= 15 is 0 Å². The van der Waals surface area contributed by atoms with Gasteiger partial charge in [0.1, 0.15) is 11.6 Å². The van der Waals surface area contributed by atoms with Crippen LogP contribution in [-0.4, -0.2) is 6.54 Å². The van der Waals surface area contributed by atoms with Crippen molar-refractivity contribution in [2.45, 2.75) is 20.3 Å². The normalized spacial score (nSPS) is 11.9. The van der Waals surface area contributed by atoms with Gasteiger partial charge < -0.3 is 5.73 Å². The van der Waals surface area contributed by atoms with Crippen LogP contribution in [0.25, 0.3) is 5.57 Å². The summed E-state index contributed by atoms with van der Waals surface area (Å²) < 4.78 is 26.7. The molecule has 0 radical (unpaired) electrons. The molecule has 3 heteroatoms. The highest BCUT2D eigenvalue weighted by atomic mass is 19.1. The summed E-state index contributed by atoms with van der Waals surface area (Å²) in [5.41, 5.74) is 6.69.